The smallest absolute Gasteiger partial charge is 0.150 e. The molecule has 0 radical (unpaired) electrons. The van der Waals surface area contributed by atoms with Gasteiger partial charge in [-0.3, -0.25) is 0 Å². The second kappa shape index (κ2) is 5.40. The molecule has 0 unspecified atom stereocenters. The first kappa shape index (κ1) is 12.8. The van der Waals surface area contributed by atoms with Gasteiger partial charge in [-0.25, -0.2) is 4.98 Å². The van der Waals surface area contributed by atoms with Crippen molar-refractivity contribution >= 4 is 28.8 Å². The fraction of sp³-hybridized carbons (Fsp3) is 0.200. The molecule has 2 aromatic rings. The fourth-order valence-electron chi connectivity index (χ4n) is 2.31. The molecular formula is C15H13ClN4. The second-order valence-electron chi connectivity index (χ2n) is 4.66. The van der Waals surface area contributed by atoms with Crippen LogP contribution < -0.4 is 10.6 Å². The molecule has 0 fully saturated rings. The zero-order chi connectivity index (χ0) is 13.9. The third kappa shape index (κ3) is 2.40. The SMILES string of the molecule is N#Cc1ccnc(Nc2ccc3c(c2)CCCN3)c1Cl. The topological polar surface area (TPSA) is 60.7 Å². The van der Waals surface area contributed by atoms with Gasteiger partial charge < -0.3 is 10.6 Å². The summed E-state index contributed by atoms with van der Waals surface area (Å²) in [5.74, 6) is 0.509. The highest BCUT2D eigenvalue weighted by atomic mass is 35.5. The molecule has 0 saturated heterocycles. The molecule has 20 heavy (non-hydrogen) atoms. The minimum atomic E-state index is 0.353. The van der Waals surface area contributed by atoms with Gasteiger partial charge in [0.2, 0.25) is 0 Å². The third-order valence-corrected chi connectivity index (χ3v) is 3.70. The van der Waals surface area contributed by atoms with Gasteiger partial charge in [-0.2, -0.15) is 5.26 Å². The highest BCUT2D eigenvalue weighted by molar-refractivity contribution is 6.34. The summed E-state index contributed by atoms with van der Waals surface area (Å²) in [7, 11) is 0. The third-order valence-electron chi connectivity index (χ3n) is 3.32. The lowest BCUT2D eigenvalue weighted by atomic mass is 10.0. The van der Waals surface area contributed by atoms with Gasteiger partial charge >= 0.3 is 0 Å². The van der Waals surface area contributed by atoms with Gasteiger partial charge in [0.15, 0.2) is 5.82 Å². The summed E-state index contributed by atoms with van der Waals surface area (Å²) in [6, 6.07) is 9.78. The minimum absolute atomic E-state index is 0.353. The summed E-state index contributed by atoms with van der Waals surface area (Å²) in [6.07, 6.45) is 3.78. The van der Waals surface area contributed by atoms with Gasteiger partial charge in [0, 0.05) is 24.1 Å². The first-order valence-corrected chi connectivity index (χ1v) is 6.84. The van der Waals surface area contributed by atoms with Crippen molar-refractivity contribution < 1.29 is 0 Å². The number of benzene rings is 1. The average Bonchev–Trinajstić information content (AvgIpc) is 2.49. The average molecular weight is 285 g/mol. The normalized spacial score (nSPS) is 13.0. The Kier molecular flexibility index (Phi) is 3.44. The van der Waals surface area contributed by atoms with E-state index < -0.39 is 0 Å². The Morgan fingerprint density at radius 3 is 3.10 bits per heavy atom. The van der Waals surface area contributed by atoms with E-state index in [2.05, 4.69) is 27.8 Å². The van der Waals surface area contributed by atoms with E-state index in [1.165, 1.54) is 11.3 Å². The number of halogens is 1. The van der Waals surface area contributed by atoms with E-state index in [9.17, 15) is 0 Å². The zero-order valence-electron chi connectivity index (χ0n) is 10.8. The molecule has 2 heterocycles. The van der Waals surface area contributed by atoms with Gasteiger partial charge in [0.05, 0.1) is 5.56 Å². The summed E-state index contributed by atoms with van der Waals surface area (Å²) in [5, 5.41) is 15.9. The molecule has 0 bridgehead atoms. The molecule has 0 atom stereocenters. The summed E-state index contributed by atoms with van der Waals surface area (Å²) >= 11 is 6.14. The molecule has 4 nitrogen and oxygen atoms in total. The first-order chi connectivity index (χ1) is 9.78. The minimum Gasteiger partial charge on any atom is -0.385 e. The molecule has 1 aromatic carbocycles. The van der Waals surface area contributed by atoms with Crippen LogP contribution in [0.4, 0.5) is 17.2 Å². The summed E-state index contributed by atoms with van der Waals surface area (Å²) in [4.78, 5) is 4.18. The van der Waals surface area contributed by atoms with E-state index in [0.717, 1.165) is 25.1 Å². The molecule has 0 aliphatic carbocycles. The van der Waals surface area contributed by atoms with Crippen molar-refractivity contribution in [2.45, 2.75) is 12.8 Å². The molecule has 0 saturated carbocycles. The van der Waals surface area contributed by atoms with Crippen molar-refractivity contribution in [1.82, 2.24) is 4.98 Å². The molecule has 2 N–H and O–H groups in total. The van der Waals surface area contributed by atoms with Crippen LogP contribution in [0, 0.1) is 11.3 Å². The Bertz CT molecular complexity index is 691. The highest BCUT2D eigenvalue weighted by Crippen LogP contribution is 2.29. The van der Waals surface area contributed by atoms with E-state index >= 15 is 0 Å². The van der Waals surface area contributed by atoms with Crippen molar-refractivity contribution in [2.75, 3.05) is 17.2 Å². The second-order valence-corrected chi connectivity index (χ2v) is 5.04. The number of hydrogen-bond acceptors (Lipinski definition) is 4. The van der Waals surface area contributed by atoms with Gasteiger partial charge in [0.1, 0.15) is 11.1 Å². The van der Waals surface area contributed by atoms with E-state index in [1.54, 1.807) is 12.3 Å². The molecule has 1 aliphatic rings. The number of pyridine rings is 1. The number of hydrogen-bond donors (Lipinski definition) is 2. The monoisotopic (exact) mass is 284 g/mol. The van der Waals surface area contributed by atoms with Crippen LogP contribution in [-0.4, -0.2) is 11.5 Å². The Labute approximate surface area is 122 Å². The number of aryl methyl sites for hydroxylation is 1. The Morgan fingerprint density at radius 1 is 1.35 bits per heavy atom. The van der Waals surface area contributed by atoms with Crippen LogP contribution in [0.3, 0.4) is 0 Å². The lowest BCUT2D eigenvalue weighted by Crippen LogP contribution is -2.11. The summed E-state index contributed by atoms with van der Waals surface area (Å²) in [6.45, 7) is 1.03. The molecule has 3 rings (SSSR count). The van der Waals surface area contributed by atoms with Crippen molar-refractivity contribution in [1.29, 1.82) is 5.26 Å². The molecule has 0 spiro atoms. The van der Waals surface area contributed by atoms with Crippen LogP contribution in [0.25, 0.3) is 0 Å². The maximum Gasteiger partial charge on any atom is 0.150 e. The largest absolute Gasteiger partial charge is 0.385 e. The quantitative estimate of drug-likeness (QED) is 0.882. The van der Waals surface area contributed by atoms with Crippen molar-refractivity contribution in [2.24, 2.45) is 0 Å². The number of fused-ring (bicyclic) bond motifs is 1. The molecule has 1 aromatic heterocycles. The molecule has 5 heteroatoms. The van der Waals surface area contributed by atoms with E-state index in [1.807, 2.05) is 12.1 Å². The number of nitrogens with zero attached hydrogens (tertiary/aromatic N) is 2. The number of aromatic nitrogens is 1. The van der Waals surface area contributed by atoms with E-state index in [-0.39, 0.29) is 0 Å². The standard InChI is InChI=1S/C15H13ClN4/c16-14-11(9-17)5-7-19-15(14)20-12-3-4-13-10(8-12)2-1-6-18-13/h3-5,7-8,18H,1-2,6H2,(H,19,20). The zero-order valence-corrected chi connectivity index (χ0v) is 11.5. The lowest BCUT2D eigenvalue weighted by Gasteiger charge is -2.19. The van der Waals surface area contributed by atoms with Crippen LogP contribution in [-0.2, 0) is 6.42 Å². The maximum absolute atomic E-state index is 8.97. The first-order valence-electron chi connectivity index (χ1n) is 6.46. The Morgan fingerprint density at radius 2 is 2.25 bits per heavy atom. The highest BCUT2D eigenvalue weighted by Gasteiger charge is 2.11. The van der Waals surface area contributed by atoms with Crippen LogP contribution in [0.2, 0.25) is 5.02 Å². The van der Waals surface area contributed by atoms with Gasteiger partial charge in [-0.1, -0.05) is 11.6 Å². The fourth-order valence-corrected chi connectivity index (χ4v) is 2.51. The number of anilines is 3. The number of nitriles is 1. The Balaban J connectivity index is 1.90. The molecule has 100 valence electrons. The number of rotatable bonds is 2. The van der Waals surface area contributed by atoms with Gasteiger partial charge in [-0.15, -0.1) is 0 Å². The predicted octanol–water partition coefficient (Wildman–Crippen LogP) is 3.71. The van der Waals surface area contributed by atoms with Crippen LogP contribution in [0.1, 0.15) is 17.5 Å². The van der Waals surface area contributed by atoms with Crippen LogP contribution in [0.15, 0.2) is 30.5 Å². The van der Waals surface area contributed by atoms with E-state index in [0.29, 0.717) is 16.4 Å². The van der Waals surface area contributed by atoms with E-state index in [4.69, 9.17) is 16.9 Å². The summed E-state index contributed by atoms with van der Waals surface area (Å²) in [5.41, 5.74) is 3.82. The molecule has 1 aliphatic heterocycles. The number of nitrogens with one attached hydrogen (secondary N) is 2. The maximum atomic E-state index is 8.97. The van der Waals surface area contributed by atoms with Crippen LogP contribution in [0.5, 0.6) is 0 Å². The van der Waals surface area contributed by atoms with Crippen molar-refractivity contribution in [3.8, 4) is 6.07 Å². The molecular weight excluding hydrogens is 272 g/mol. The Hall–Kier alpha value is -2.25. The molecule has 0 amide bonds. The van der Waals surface area contributed by atoms with Crippen LogP contribution >= 0.6 is 11.6 Å². The predicted molar refractivity (Wildman–Crippen MR) is 80.5 cm³/mol. The van der Waals surface area contributed by atoms with Gasteiger partial charge in [-0.05, 0) is 42.7 Å². The van der Waals surface area contributed by atoms with Crippen molar-refractivity contribution in [3.05, 3.63) is 46.6 Å². The summed E-state index contributed by atoms with van der Waals surface area (Å²) < 4.78 is 0. The van der Waals surface area contributed by atoms with Crippen molar-refractivity contribution in [3.63, 3.8) is 0 Å². The van der Waals surface area contributed by atoms with Gasteiger partial charge in [0.25, 0.3) is 0 Å². The lowest BCUT2D eigenvalue weighted by molar-refractivity contribution is 0.830.